The van der Waals surface area contributed by atoms with Gasteiger partial charge < -0.3 is 25.6 Å². The van der Waals surface area contributed by atoms with Gasteiger partial charge in [-0.05, 0) is 67.9 Å². The van der Waals surface area contributed by atoms with Crippen molar-refractivity contribution < 1.29 is 19.4 Å². The molecule has 0 amide bonds. The topological polar surface area (TPSA) is 121 Å². The van der Waals surface area contributed by atoms with Crippen LogP contribution in [0.4, 0.5) is 5.69 Å². The van der Waals surface area contributed by atoms with E-state index < -0.39 is 11.5 Å². The van der Waals surface area contributed by atoms with Gasteiger partial charge in [-0.25, -0.2) is 4.79 Å². The molecule has 0 aliphatic rings. The fourth-order valence-corrected chi connectivity index (χ4v) is 3.56. The number of ether oxygens (including phenoxy) is 2. The van der Waals surface area contributed by atoms with Gasteiger partial charge in [0.2, 0.25) is 0 Å². The Labute approximate surface area is 189 Å². The Morgan fingerprint density at radius 1 is 1.22 bits per heavy atom. The number of nitrogens with one attached hydrogen (secondary N) is 2. The summed E-state index contributed by atoms with van der Waals surface area (Å²) in [5, 5.41) is 21.1. The second-order valence-corrected chi connectivity index (χ2v) is 7.71. The first-order chi connectivity index (χ1) is 15.2. The van der Waals surface area contributed by atoms with Crippen molar-refractivity contribution in [1.82, 2.24) is 4.90 Å². The van der Waals surface area contributed by atoms with Crippen LogP contribution in [0.15, 0.2) is 42.5 Å². The Balaban J connectivity index is 2.47. The highest BCUT2D eigenvalue weighted by atomic mass is 16.5. The molecule has 174 valence electrons. The molecule has 0 aliphatic carbocycles. The third kappa shape index (κ3) is 6.21. The number of hydrogen-bond acceptors (Lipinski definition) is 6. The second kappa shape index (κ2) is 11.5. The number of carboxylic acids is 1. The number of anilines is 1. The van der Waals surface area contributed by atoms with Crippen molar-refractivity contribution in [1.29, 1.82) is 5.41 Å². The van der Waals surface area contributed by atoms with Crippen molar-refractivity contribution in [3.05, 3.63) is 59.2 Å². The van der Waals surface area contributed by atoms with Crippen LogP contribution in [-0.4, -0.2) is 55.7 Å². The molecule has 8 nitrogen and oxygen atoms in total. The average molecular weight is 443 g/mol. The Morgan fingerprint density at radius 2 is 1.91 bits per heavy atom. The van der Waals surface area contributed by atoms with Gasteiger partial charge in [0.25, 0.3) is 0 Å². The smallest absolute Gasteiger partial charge is 0.334 e. The molecule has 8 heteroatoms. The molecule has 0 aromatic heterocycles. The lowest BCUT2D eigenvalue weighted by Crippen LogP contribution is -2.43. The second-order valence-electron chi connectivity index (χ2n) is 7.71. The van der Waals surface area contributed by atoms with Crippen LogP contribution in [0, 0.1) is 5.41 Å². The first-order valence-electron chi connectivity index (χ1n) is 10.7. The minimum atomic E-state index is -1.36. The van der Waals surface area contributed by atoms with E-state index in [4.69, 9.17) is 20.6 Å². The summed E-state index contributed by atoms with van der Waals surface area (Å²) in [6.45, 7) is 6.21. The fraction of sp³-hybridized carbons (Fsp3) is 0.417. The molecule has 2 aromatic rings. The summed E-state index contributed by atoms with van der Waals surface area (Å²) >= 11 is 0. The summed E-state index contributed by atoms with van der Waals surface area (Å²) in [6, 6.07) is 12.5. The van der Waals surface area contributed by atoms with Crippen molar-refractivity contribution in [2.24, 2.45) is 5.73 Å². The van der Waals surface area contributed by atoms with Gasteiger partial charge in [0.1, 0.15) is 11.6 Å². The molecule has 0 fully saturated rings. The molecule has 0 bridgehead atoms. The van der Waals surface area contributed by atoms with Gasteiger partial charge in [0, 0.05) is 31.5 Å². The van der Waals surface area contributed by atoms with E-state index in [2.05, 4.69) is 10.2 Å². The van der Waals surface area contributed by atoms with E-state index in [1.165, 1.54) is 0 Å². The minimum Gasteiger partial charge on any atom is -0.494 e. The highest BCUT2D eigenvalue weighted by molar-refractivity contribution is 5.95. The number of likely N-dealkylation sites (N-methyl/N-ethyl adjacent to an activating group) is 1. The molecule has 2 aromatic carbocycles. The molecular weight excluding hydrogens is 408 g/mol. The largest absolute Gasteiger partial charge is 0.494 e. The van der Waals surface area contributed by atoms with Gasteiger partial charge in [-0.2, -0.15) is 0 Å². The quantitative estimate of drug-likeness (QED) is 0.277. The van der Waals surface area contributed by atoms with Crippen molar-refractivity contribution >= 4 is 17.5 Å². The molecule has 2 rings (SSSR count). The van der Waals surface area contributed by atoms with Crippen LogP contribution < -0.4 is 15.8 Å². The maximum absolute atomic E-state index is 12.6. The van der Waals surface area contributed by atoms with E-state index >= 15 is 0 Å². The van der Waals surface area contributed by atoms with Crippen LogP contribution in [-0.2, 0) is 21.6 Å². The number of aliphatic carboxylic acids is 1. The van der Waals surface area contributed by atoms with E-state index in [1.54, 1.807) is 37.4 Å². The normalized spacial score (nSPS) is 12.9. The number of benzene rings is 2. The Morgan fingerprint density at radius 3 is 2.44 bits per heavy atom. The van der Waals surface area contributed by atoms with E-state index in [1.807, 2.05) is 33.0 Å². The zero-order valence-electron chi connectivity index (χ0n) is 19.3. The van der Waals surface area contributed by atoms with E-state index in [0.717, 1.165) is 12.1 Å². The number of methoxy groups -OCH3 is 1. The van der Waals surface area contributed by atoms with Crippen molar-refractivity contribution in [3.63, 3.8) is 0 Å². The zero-order valence-corrected chi connectivity index (χ0v) is 19.3. The lowest BCUT2D eigenvalue weighted by atomic mass is 9.85. The van der Waals surface area contributed by atoms with E-state index in [0.29, 0.717) is 48.7 Å². The highest BCUT2D eigenvalue weighted by Gasteiger charge is 2.39. The molecule has 0 saturated carbocycles. The zero-order chi connectivity index (χ0) is 23.7. The molecule has 0 spiro atoms. The maximum atomic E-state index is 12.6. The van der Waals surface area contributed by atoms with E-state index in [9.17, 15) is 9.90 Å². The maximum Gasteiger partial charge on any atom is 0.334 e. The summed E-state index contributed by atoms with van der Waals surface area (Å²) in [6.07, 6.45) is 0.311. The third-order valence-electron chi connectivity index (χ3n) is 5.35. The number of amidine groups is 1. The van der Waals surface area contributed by atoms with Crippen LogP contribution in [0.1, 0.15) is 37.0 Å². The lowest BCUT2D eigenvalue weighted by molar-refractivity contribution is -0.142. The van der Waals surface area contributed by atoms with Crippen molar-refractivity contribution in [3.8, 4) is 5.75 Å². The Bertz CT molecular complexity index is 917. The molecule has 1 atom stereocenters. The highest BCUT2D eigenvalue weighted by Crippen LogP contribution is 2.34. The van der Waals surface area contributed by atoms with E-state index in [-0.39, 0.29) is 5.84 Å². The predicted molar refractivity (Wildman–Crippen MR) is 127 cm³/mol. The summed E-state index contributed by atoms with van der Waals surface area (Å²) in [5.74, 6) is -0.390. The molecular formula is C24H34N4O4. The molecule has 0 aliphatic heterocycles. The van der Waals surface area contributed by atoms with Crippen LogP contribution in [0.3, 0.4) is 0 Å². The van der Waals surface area contributed by atoms with Crippen LogP contribution >= 0.6 is 0 Å². The van der Waals surface area contributed by atoms with Crippen LogP contribution in [0.2, 0.25) is 0 Å². The number of carboxylic acid groups (broad SMARTS) is 1. The molecule has 1 unspecified atom stereocenters. The van der Waals surface area contributed by atoms with Gasteiger partial charge in [0.05, 0.1) is 13.2 Å². The molecule has 32 heavy (non-hydrogen) atoms. The van der Waals surface area contributed by atoms with Gasteiger partial charge >= 0.3 is 5.97 Å². The van der Waals surface area contributed by atoms with Crippen LogP contribution in [0.5, 0.6) is 5.75 Å². The standard InChI is InChI=1S/C24H34N4O4/c1-5-24(23(29)30,27-20-9-7-18(8-10-20)22(25)26)19-13-17(14-21(15-19)32-6-2)16-28(3)11-12-31-4/h7-10,13-15,27H,5-6,11-12,16H2,1-4H3,(H3,25,26)(H,29,30). The van der Waals surface area contributed by atoms with Gasteiger partial charge in [-0.15, -0.1) is 0 Å². The Kier molecular flexibility index (Phi) is 9.04. The molecule has 0 heterocycles. The summed E-state index contributed by atoms with van der Waals surface area (Å²) < 4.78 is 10.9. The average Bonchev–Trinajstić information content (AvgIpc) is 2.76. The van der Waals surface area contributed by atoms with Crippen LogP contribution in [0.25, 0.3) is 0 Å². The third-order valence-corrected chi connectivity index (χ3v) is 5.35. The fourth-order valence-electron chi connectivity index (χ4n) is 3.56. The van der Waals surface area contributed by atoms with Gasteiger partial charge in [-0.1, -0.05) is 13.0 Å². The number of carbonyl (C=O) groups is 1. The lowest BCUT2D eigenvalue weighted by Gasteiger charge is -2.32. The molecule has 0 radical (unpaired) electrons. The summed E-state index contributed by atoms with van der Waals surface area (Å²) in [5.41, 5.74) is 6.95. The van der Waals surface area contributed by atoms with Gasteiger partial charge in [-0.3, -0.25) is 10.3 Å². The molecule has 0 saturated heterocycles. The Hall–Kier alpha value is -3.10. The molecule has 5 N–H and O–H groups in total. The first-order valence-corrected chi connectivity index (χ1v) is 10.7. The first kappa shape index (κ1) is 25.2. The number of nitrogen functional groups attached to an aromatic ring is 1. The van der Waals surface area contributed by atoms with Crippen molar-refractivity contribution in [2.75, 3.05) is 39.2 Å². The minimum absolute atomic E-state index is 0.0387. The SMILES string of the molecule is CCOc1cc(CN(C)CCOC)cc(C(CC)(Nc2ccc(C(=N)N)cc2)C(=O)O)c1. The van der Waals surface area contributed by atoms with Gasteiger partial charge in [0.15, 0.2) is 5.54 Å². The van der Waals surface area contributed by atoms with Crippen molar-refractivity contribution in [2.45, 2.75) is 32.4 Å². The number of hydrogen-bond donors (Lipinski definition) is 4. The number of rotatable bonds is 13. The predicted octanol–water partition coefficient (Wildman–Crippen LogP) is 3.25. The summed E-state index contributed by atoms with van der Waals surface area (Å²) in [4.78, 5) is 14.7. The number of nitrogens with zero attached hydrogens (tertiary/aromatic N) is 1. The monoisotopic (exact) mass is 442 g/mol. The summed E-state index contributed by atoms with van der Waals surface area (Å²) in [7, 11) is 3.66. The number of nitrogens with two attached hydrogens (primary N) is 1.